The maximum absolute atomic E-state index is 3.86. The summed E-state index contributed by atoms with van der Waals surface area (Å²) in [6, 6.07) is 0.726. The van der Waals surface area contributed by atoms with Gasteiger partial charge in [0.25, 0.3) is 0 Å². The monoisotopic (exact) mass is 252 g/mol. The Morgan fingerprint density at radius 2 is 1.94 bits per heavy atom. The molecule has 0 amide bonds. The predicted octanol–water partition coefficient (Wildman–Crippen LogP) is 3.42. The lowest BCUT2D eigenvalue weighted by Crippen LogP contribution is -2.65. The molecule has 0 aromatic heterocycles. The molecule has 0 aromatic carbocycles. The standard InChI is InChI=1S/C16H32N2/c1-4-10-18-12-15(11-14(2)3)17-13-16(18)8-6-5-7-9-16/h14-15,17H,4-13H2,1-3H3. The third-order valence-corrected chi connectivity index (χ3v) is 4.87. The molecule has 1 heterocycles. The second-order valence-electron chi connectivity index (χ2n) is 6.94. The summed E-state index contributed by atoms with van der Waals surface area (Å²) in [5.41, 5.74) is 0.516. The van der Waals surface area contributed by atoms with E-state index in [2.05, 4.69) is 31.0 Å². The molecule has 0 aromatic rings. The van der Waals surface area contributed by atoms with Crippen LogP contribution in [0.5, 0.6) is 0 Å². The summed E-state index contributed by atoms with van der Waals surface area (Å²) in [5.74, 6) is 0.811. The van der Waals surface area contributed by atoms with E-state index in [0.717, 1.165) is 12.0 Å². The van der Waals surface area contributed by atoms with Gasteiger partial charge in [-0.1, -0.05) is 40.0 Å². The van der Waals surface area contributed by atoms with Crippen molar-refractivity contribution >= 4 is 0 Å². The van der Waals surface area contributed by atoms with Gasteiger partial charge in [0.2, 0.25) is 0 Å². The SMILES string of the molecule is CCCN1CC(CC(C)C)NCC12CCCCC2. The second-order valence-corrected chi connectivity index (χ2v) is 6.94. The zero-order chi connectivity index (χ0) is 13.0. The summed E-state index contributed by atoms with van der Waals surface area (Å²) in [7, 11) is 0. The number of piperazine rings is 1. The van der Waals surface area contributed by atoms with Crippen molar-refractivity contribution in [2.24, 2.45) is 5.92 Å². The van der Waals surface area contributed by atoms with Crippen LogP contribution in [0.15, 0.2) is 0 Å². The van der Waals surface area contributed by atoms with E-state index >= 15 is 0 Å². The highest BCUT2D eigenvalue weighted by Crippen LogP contribution is 2.35. The van der Waals surface area contributed by atoms with Gasteiger partial charge < -0.3 is 5.32 Å². The van der Waals surface area contributed by atoms with E-state index in [1.807, 2.05) is 0 Å². The summed E-state index contributed by atoms with van der Waals surface area (Å²) in [4.78, 5) is 2.84. The minimum absolute atomic E-state index is 0.516. The first-order valence-corrected chi connectivity index (χ1v) is 8.15. The van der Waals surface area contributed by atoms with E-state index in [0.29, 0.717) is 5.54 Å². The van der Waals surface area contributed by atoms with E-state index in [1.165, 1.54) is 64.6 Å². The van der Waals surface area contributed by atoms with Gasteiger partial charge in [0.1, 0.15) is 0 Å². The Labute approximate surface area is 114 Å². The normalized spacial score (nSPS) is 29.0. The fourth-order valence-corrected chi connectivity index (χ4v) is 4.00. The van der Waals surface area contributed by atoms with Gasteiger partial charge in [0.15, 0.2) is 0 Å². The van der Waals surface area contributed by atoms with Crippen LogP contribution >= 0.6 is 0 Å². The molecule has 0 radical (unpaired) electrons. The summed E-state index contributed by atoms with van der Waals surface area (Å²) in [6.45, 7) is 10.8. The Bertz CT molecular complexity index is 243. The summed E-state index contributed by atoms with van der Waals surface area (Å²) < 4.78 is 0. The van der Waals surface area contributed by atoms with E-state index < -0.39 is 0 Å². The average molecular weight is 252 g/mol. The molecule has 1 aliphatic carbocycles. The Kier molecular flexibility index (Phi) is 5.08. The Morgan fingerprint density at radius 3 is 2.56 bits per heavy atom. The van der Waals surface area contributed by atoms with Gasteiger partial charge in [0, 0.05) is 24.7 Å². The topological polar surface area (TPSA) is 15.3 Å². The number of hydrogen-bond acceptors (Lipinski definition) is 2. The molecule has 2 fully saturated rings. The first-order valence-electron chi connectivity index (χ1n) is 8.15. The van der Waals surface area contributed by atoms with Crippen molar-refractivity contribution in [2.75, 3.05) is 19.6 Å². The highest BCUT2D eigenvalue weighted by molar-refractivity contribution is 5.00. The molecule has 1 aliphatic heterocycles. The largest absolute Gasteiger partial charge is 0.311 e. The molecular formula is C16H32N2. The molecule has 2 rings (SSSR count). The lowest BCUT2D eigenvalue weighted by atomic mass is 9.78. The van der Waals surface area contributed by atoms with Crippen LogP contribution in [-0.4, -0.2) is 36.1 Å². The first kappa shape index (κ1) is 14.3. The van der Waals surface area contributed by atoms with Crippen molar-refractivity contribution in [3.8, 4) is 0 Å². The van der Waals surface area contributed by atoms with Crippen LogP contribution in [0.1, 0.15) is 65.7 Å². The molecule has 1 atom stereocenters. The van der Waals surface area contributed by atoms with Crippen LogP contribution in [0, 0.1) is 5.92 Å². The number of nitrogens with one attached hydrogen (secondary N) is 1. The average Bonchev–Trinajstić information content (AvgIpc) is 2.35. The van der Waals surface area contributed by atoms with Crippen LogP contribution in [-0.2, 0) is 0 Å². The van der Waals surface area contributed by atoms with Gasteiger partial charge in [-0.05, 0) is 38.1 Å². The van der Waals surface area contributed by atoms with Gasteiger partial charge in [-0.15, -0.1) is 0 Å². The number of rotatable bonds is 4. The maximum Gasteiger partial charge on any atom is 0.0334 e. The van der Waals surface area contributed by atoms with Crippen molar-refractivity contribution in [3.05, 3.63) is 0 Å². The molecular weight excluding hydrogens is 220 g/mol. The van der Waals surface area contributed by atoms with Crippen molar-refractivity contribution in [2.45, 2.75) is 77.3 Å². The molecule has 1 saturated carbocycles. The molecule has 1 N–H and O–H groups in total. The molecule has 18 heavy (non-hydrogen) atoms. The van der Waals surface area contributed by atoms with Crippen molar-refractivity contribution in [1.82, 2.24) is 10.2 Å². The van der Waals surface area contributed by atoms with Crippen LogP contribution in [0.25, 0.3) is 0 Å². The molecule has 1 spiro atoms. The zero-order valence-electron chi connectivity index (χ0n) is 12.7. The van der Waals surface area contributed by atoms with Gasteiger partial charge in [-0.2, -0.15) is 0 Å². The van der Waals surface area contributed by atoms with Crippen molar-refractivity contribution < 1.29 is 0 Å². The molecule has 106 valence electrons. The van der Waals surface area contributed by atoms with E-state index in [-0.39, 0.29) is 0 Å². The smallest absolute Gasteiger partial charge is 0.0334 e. The van der Waals surface area contributed by atoms with Crippen molar-refractivity contribution in [3.63, 3.8) is 0 Å². The Morgan fingerprint density at radius 1 is 1.22 bits per heavy atom. The lowest BCUT2D eigenvalue weighted by molar-refractivity contribution is 0.00675. The summed E-state index contributed by atoms with van der Waals surface area (Å²) >= 11 is 0. The quantitative estimate of drug-likeness (QED) is 0.825. The second kappa shape index (κ2) is 6.38. The lowest BCUT2D eigenvalue weighted by Gasteiger charge is -2.52. The maximum atomic E-state index is 3.86. The predicted molar refractivity (Wildman–Crippen MR) is 78.9 cm³/mol. The van der Waals surface area contributed by atoms with Crippen LogP contribution in [0.2, 0.25) is 0 Å². The minimum Gasteiger partial charge on any atom is -0.311 e. The number of nitrogens with zero attached hydrogens (tertiary/aromatic N) is 1. The van der Waals surface area contributed by atoms with E-state index in [1.54, 1.807) is 0 Å². The van der Waals surface area contributed by atoms with Gasteiger partial charge in [-0.3, -0.25) is 4.90 Å². The third kappa shape index (κ3) is 3.27. The van der Waals surface area contributed by atoms with Gasteiger partial charge >= 0.3 is 0 Å². The molecule has 2 aliphatic rings. The van der Waals surface area contributed by atoms with Crippen LogP contribution < -0.4 is 5.32 Å². The molecule has 2 heteroatoms. The molecule has 1 saturated heterocycles. The van der Waals surface area contributed by atoms with E-state index in [4.69, 9.17) is 0 Å². The third-order valence-electron chi connectivity index (χ3n) is 4.87. The van der Waals surface area contributed by atoms with E-state index in [9.17, 15) is 0 Å². The highest BCUT2D eigenvalue weighted by atomic mass is 15.3. The molecule has 0 bridgehead atoms. The van der Waals surface area contributed by atoms with Gasteiger partial charge in [-0.25, -0.2) is 0 Å². The van der Waals surface area contributed by atoms with Crippen molar-refractivity contribution in [1.29, 1.82) is 0 Å². The fourth-order valence-electron chi connectivity index (χ4n) is 4.00. The first-order chi connectivity index (χ1) is 8.66. The van der Waals surface area contributed by atoms with Gasteiger partial charge in [0.05, 0.1) is 0 Å². The summed E-state index contributed by atoms with van der Waals surface area (Å²) in [5, 5.41) is 3.86. The Hall–Kier alpha value is -0.0800. The fraction of sp³-hybridized carbons (Fsp3) is 1.00. The molecule has 1 unspecified atom stereocenters. The Balaban J connectivity index is 1.99. The number of hydrogen-bond donors (Lipinski definition) is 1. The molecule has 2 nitrogen and oxygen atoms in total. The zero-order valence-corrected chi connectivity index (χ0v) is 12.7. The minimum atomic E-state index is 0.516. The van der Waals surface area contributed by atoms with Crippen LogP contribution in [0.3, 0.4) is 0 Å². The highest BCUT2D eigenvalue weighted by Gasteiger charge is 2.41. The summed E-state index contributed by atoms with van der Waals surface area (Å²) in [6.07, 6.45) is 9.82. The van der Waals surface area contributed by atoms with Crippen LogP contribution in [0.4, 0.5) is 0 Å².